The molecule has 6 heteroatoms. The van der Waals surface area contributed by atoms with Crippen LogP contribution in [0.3, 0.4) is 0 Å². The number of fused-ring (bicyclic) bond motifs is 1. The topological polar surface area (TPSA) is 66.0 Å². The molecular weight excluding hydrogens is 326 g/mol. The minimum Gasteiger partial charge on any atom is -0.354 e. The quantitative estimate of drug-likeness (QED) is 0.690. The fraction of sp³-hybridized carbons (Fsp3) is 0.400. The van der Waals surface area contributed by atoms with Crippen molar-refractivity contribution in [2.45, 2.75) is 38.8 Å². The zero-order valence-corrected chi connectivity index (χ0v) is 15.1. The Labute approximate surface area is 153 Å². The number of amides is 2. The van der Waals surface area contributed by atoms with Gasteiger partial charge in [0.15, 0.2) is 0 Å². The monoisotopic (exact) mass is 351 g/mol. The lowest BCUT2D eigenvalue weighted by Gasteiger charge is -2.23. The van der Waals surface area contributed by atoms with Gasteiger partial charge in [0.25, 0.3) is 0 Å². The molecule has 1 saturated heterocycles. The van der Waals surface area contributed by atoms with E-state index in [0.717, 1.165) is 54.8 Å². The summed E-state index contributed by atoms with van der Waals surface area (Å²) in [7, 11) is 0. The van der Waals surface area contributed by atoms with E-state index in [2.05, 4.69) is 27.9 Å². The third-order valence-corrected chi connectivity index (χ3v) is 5.10. The fourth-order valence-corrected chi connectivity index (χ4v) is 3.72. The second-order valence-electron chi connectivity index (χ2n) is 6.95. The van der Waals surface area contributed by atoms with Crippen molar-refractivity contribution in [2.24, 2.45) is 0 Å². The molecule has 1 aromatic carbocycles. The summed E-state index contributed by atoms with van der Waals surface area (Å²) in [5.41, 5.74) is 3.20. The average Bonchev–Trinajstić information content (AvgIpc) is 3.38. The number of hydrogen-bond donors (Lipinski definition) is 2. The Morgan fingerprint density at radius 2 is 2.15 bits per heavy atom. The Bertz CT molecular complexity index is 883. The van der Waals surface area contributed by atoms with Crippen molar-refractivity contribution in [3.05, 3.63) is 54.1 Å². The lowest BCUT2D eigenvalue weighted by Crippen LogP contribution is -2.40. The van der Waals surface area contributed by atoms with E-state index in [1.165, 1.54) is 0 Å². The van der Waals surface area contributed by atoms with Crippen LogP contribution in [0.4, 0.5) is 4.79 Å². The number of para-hydroxylation sites is 1. The van der Waals surface area contributed by atoms with Crippen LogP contribution in [-0.4, -0.2) is 38.6 Å². The summed E-state index contributed by atoms with van der Waals surface area (Å²) < 4.78 is 2.13. The molecule has 2 N–H and O–H groups in total. The highest BCUT2D eigenvalue weighted by molar-refractivity contribution is 5.79. The number of aromatic nitrogens is 3. The van der Waals surface area contributed by atoms with Crippen molar-refractivity contribution in [1.29, 1.82) is 0 Å². The van der Waals surface area contributed by atoms with Crippen molar-refractivity contribution in [3.8, 4) is 0 Å². The lowest BCUT2D eigenvalue weighted by molar-refractivity contribution is 0.191. The molecule has 0 spiro atoms. The molecule has 2 amide bonds. The van der Waals surface area contributed by atoms with Gasteiger partial charge in [-0.3, -0.25) is 0 Å². The first kappa shape index (κ1) is 16.7. The van der Waals surface area contributed by atoms with E-state index in [1.54, 1.807) is 0 Å². The van der Waals surface area contributed by atoms with Gasteiger partial charge in [0, 0.05) is 32.0 Å². The molecule has 0 radical (unpaired) electrons. The Kier molecular flexibility index (Phi) is 4.65. The third kappa shape index (κ3) is 3.31. The number of imidazole rings is 1. The van der Waals surface area contributed by atoms with Gasteiger partial charge < -0.3 is 19.8 Å². The van der Waals surface area contributed by atoms with Crippen LogP contribution < -0.4 is 5.32 Å². The van der Waals surface area contributed by atoms with E-state index >= 15 is 0 Å². The van der Waals surface area contributed by atoms with Crippen LogP contribution in [0.1, 0.15) is 36.7 Å². The number of nitrogens with one attached hydrogen (secondary N) is 2. The van der Waals surface area contributed by atoms with E-state index in [0.29, 0.717) is 6.54 Å². The predicted octanol–water partition coefficient (Wildman–Crippen LogP) is 3.61. The van der Waals surface area contributed by atoms with E-state index in [4.69, 9.17) is 4.98 Å². The van der Waals surface area contributed by atoms with Crippen LogP contribution in [0.25, 0.3) is 11.0 Å². The zero-order valence-electron chi connectivity index (χ0n) is 15.1. The minimum atomic E-state index is 0.0113. The van der Waals surface area contributed by atoms with Crippen LogP contribution in [0.15, 0.2) is 42.7 Å². The summed E-state index contributed by atoms with van der Waals surface area (Å²) in [5.74, 6) is 0.897. The number of H-pyrrole nitrogens is 1. The van der Waals surface area contributed by atoms with Crippen molar-refractivity contribution < 1.29 is 4.79 Å². The molecule has 6 nitrogen and oxygen atoms in total. The molecule has 0 aliphatic carbocycles. The minimum absolute atomic E-state index is 0.0113. The van der Waals surface area contributed by atoms with Gasteiger partial charge in [-0.1, -0.05) is 12.1 Å². The highest BCUT2D eigenvalue weighted by Gasteiger charge is 2.32. The molecule has 0 unspecified atom stereocenters. The number of nitrogens with zero attached hydrogens (tertiary/aromatic N) is 3. The van der Waals surface area contributed by atoms with Crippen LogP contribution >= 0.6 is 0 Å². The molecule has 0 saturated carbocycles. The molecule has 1 fully saturated rings. The Balaban J connectivity index is 1.39. The molecule has 1 aliphatic rings. The largest absolute Gasteiger partial charge is 0.354 e. The lowest BCUT2D eigenvalue weighted by atomic mass is 10.2. The van der Waals surface area contributed by atoms with Gasteiger partial charge in [-0.25, -0.2) is 9.78 Å². The first-order valence-corrected chi connectivity index (χ1v) is 9.33. The molecule has 1 atom stereocenters. The third-order valence-electron chi connectivity index (χ3n) is 5.10. The highest BCUT2D eigenvalue weighted by Crippen LogP contribution is 2.31. The van der Waals surface area contributed by atoms with Gasteiger partial charge in [-0.2, -0.15) is 0 Å². The van der Waals surface area contributed by atoms with Gasteiger partial charge >= 0.3 is 6.03 Å². The van der Waals surface area contributed by atoms with E-state index in [1.807, 2.05) is 41.6 Å². The predicted molar refractivity (Wildman–Crippen MR) is 102 cm³/mol. The second kappa shape index (κ2) is 7.23. The van der Waals surface area contributed by atoms with E-state index < -0.39 is 0 Å². The molecule has 3 aromatic rings. The first-order chi connectivity index (χ1) is 12.7. The van der Waals surface area contributed by atoms with Crippen molar-refractivity contribution in [1.82, 2.24) is 24.8 Å². The Morgan fingerprint density at radius 3 is 2.96 bits per heavy atom. The van der Waals surface area contributed by atoms with Crippen LogP contribution in [0, 0.1) is 6.92 Å². The summed E-state index contributed by atoms with van der Waals surface area (Å²) >= 11 is 0. The molecule has 26 heavy (non-hydrogen) atoms. The number of rotatable bonds is 5. The average molecular weight is 351 g/mol. The first-order valence-electron chi connectivity index (χ1n) is 9.33. The van der Waals surface area contributed by atoms with Gasteiger partial charge in [-0.05, 0) is 49.9 Å². The summed E-state index contributed by atoms with van der Waals surface area (Å²) in [6, 6.07) is 10.2. The number of carbonyl (C=O) groups excluding carboxylic acids is 1. The molecule has 1 aliphatic heterocycles. The van der Waals surface area contributed by atoms with Crippen LogP contribution in [0.2, 0.25) is 0 Å². The number of likely N-dealkylation sites (tertiary alicyclic amines) is 1. The molecule has 4 rings (SSSR count). The summed E-state index contributed by atoms with van der Waals surface area (Å²) in [6.07, 6.45) is 6.97. The SMILES string of the molecule is Cc1cccc2[nH]c([C@@H]3CCCN3C(=O)NCCCn3cccc3)nc12. The highest BCUT2D eigenvalue weighted by atomic mass is 16.2. The Hall–Kier alpha value is -2.76. The van der Waals surface area contributed by atoms with Crippen molar-refractivity contribution in [2.75, 3.05) is 13.1 Å². The molecule has 3 heterocycles. The fourth-order valence-electron chi connectivity index (χ4n) is 3.72. The molecule has 2 aromatic heterocycles. The van der Waals surface area contributed by atoms with Gasteiger partial charge in [0.1, 0.15) is 5.82 Å². The number of hydrogen-bond acceptors (Lipinski definition) is 2. The van der Waals surface area contributed by atoms with Gasteiger partial charge in [0.05, 0.1) is 17.1 Å². The van der Waals surface area contributed by atoms with Gasteiger partial charge in [-0.15, -0.1) is 0 Å². The number of carbonyl (C=O) groups is 1. The zero-order chi connectivity index (χ0) is 17.9. The summed E-state index contributed by atoms with van der Waals surface area (Å²) in [4.78, 5) is 22.7. The van der Waals surface area contributed by atoms with Crippen LogP contribution in [0.5, 0.6) is 0 Å². The van der Waals surface area contributed by atoms with E-state index in [-0.39, 0.29) is 12.1 Å². The summed E-state index contributed by atoms with van der Waals surface area (Å²) in [5, 5.41) is 3.06. The second-order valence-corrected chi connectivity index (χ2v) is 6.95. The molecule has 0 bridgehead atoms. The molecule has 136 valence electrons. The molecular formula is C20H25N5O. The van der Waals surface area contributed by atoms with Gasteiger partial charge in [0.2, 0.25) is 0 Å². The maximum absolute atomic E-state index is 12.6. The standard InChI is InChI=1S/C20H25N5O/c1-15-7-4-8-16-18(15)23-19(22-16)17-9-5-14-25(17)20(26)21-10-6-13-24-11-2-3-12-24/h2-4,7-8,11-12,17H,5-6,9-10,13-14H2,1H3,(H,21,26)(H,22,23)/t17-/m0/s1. The van der Waals surface area contributed by atoms with E-state index in [9.17, 15) is 4.79 Å². The number of aryl methyl sites for hydroxylation is 2. The number of benzene rings is 1. The Morgan fingerprint density at radius 1 is 1.31 bits per heavy atom. The van der Waals surface area contributed by atoms with Crippen molar-refractivity contribution in [3.63, 3.8) is 0 Å². The maximum Gasteiger partial charge on any atom is 0.318 e. The van der Waals surface area contributed by atoms with Crippen molar-refractivity contribution >= 4 is 17.1 Å². The number of urea groups is 1. The maximum atomic E-state index is 12.6. The normalized spacial score (nSPS) is 17.1. The number of aromatic amines is 1. The van der Waals surface area contributed by atoms with Crippen LogP contribution in [-0.2, 0) is 6.54 Å². The summed E-state index contributed by atoms with van der Waals surface area (Å²) in [6.45, 7) is 4.44. The smallest absolute Gasteiger partial charge is 0.318 e.